The molecule has 1 aromatic carbocycles. The van der Waals surface area contributed by atoms with E-state index < -0.39 is 23.2 Å². The van der Waals surface area contributed by atoms with Gasteiger partial charge in [0.05, 0.1) is 12.0 Å². The highest BCUT2D eigenvalue weighted by Gasteiger charge is 2.41. The molecule has 0 aliphatic carbocycles. The van der Waals surface area contributed by atoms with E-state index in [1.807, 2.05) is 12.1 Å². The molecule has 1 aliphatic rings. The molecule has 0 spiro atoms. The molecule has 0 N–H and O–H groups in total. The molecule has 140 valence electrons. The van der Waals surface area contributed by atoms with Crippen molar-refractivity contribution in [3.8, 4) is 0 Å². The Morgan fingerprint density at radius 2 is 1.96 bits per heavy atom. The Morgan fingerprint density at radius 1 is 1.26 bits per heavy atom. The van der Waals surface area contributed by atoms with E-state index in [2.05, 4.69) is 4.74 Å². The van der Waals surface area contributed by atoms with Gasteiger partial charge in [0.2, 0.25) is 0 Å². The predicted octanol–water partition coefficient (Wildman–Crippen LogP) is 4.68. The first-order valence-electron chi connectivity index (χ1n) is 7.77. The lowest BCUT2D eigenvalue weighted by molar-refractivity contribution is -0.148. The number of carbonyl (C=O) groups excluding carboxylic acids is 3. The number of benzene rings is 1. The SMILES string of the molecule is COC(=O)C(C)N1C(=O)S/C(=C/c2ccc(Sc3ccc(Cl)cc3)o2)C1=O. The van der Waals surface area contributed by atoms with Crippen molar-refractivity contribution in [2.75, 3.05) is 7.11 Å². The van der Waals surface area contributed by atoms with Crippen LogP contribution in [0.3, 0.4) is 0 Å². The van der Waals surface area contributed by atoms with Gasteiger partial charge in [0.25, 0.3) is 11.1 Å². The highest BCUT2D eigenvalue weighted by molar-refractivity contribution is 8.18. The van der Waals surface area contributed by atoms with Crippen LogP contribution < -0.4 is 0 Å². The maximum atomic E-state index is 12.5. The van der Waals surface area contributed by atoms with Crippen molar-refractivity contribution in [3.05, 3.63) is 52.1 Å². The van der Waals surface area contributed by atoms with Crippen LogP contribution in [0.15, 0.2) is 55.7 Å². The van der Waals surface area contributed by atoms with Crippen LogP contribution >= 0.6 is 35.1 Å². The van der Waals surface area contributed by atoms with Gasteiger partial charge in [-0.3, -0.25) is 14.5 Å². The van der Waals surface area contributed by atoms with Gasteiger partial charge in [-0.15, -0.1) is 0 Å². The number of thioether (sulfide) groups is 1. The maximum Gasteiger partial charge on any atom is 0.328 e. The summed E-state index contributed by atoms with van der Waals surface area (Å²) in [5.74, 6) is -0.771. The smallest absolute Gasteiger partial charge is 0.328 e. The number of carbonyl (C=O) groups is 3. The van der Waals surface area contributed by atoms with E-state index in [4.69, 9.17) is 16.0 Å². The first-order valence-corrected chi connectivity index (χ1v) is 9.78. The first-order chi connectivity index (χ1) is 12.9. The first kappa shape index (κ1) is 19.6. The zero-order valence-electron chi connectivity index (χ0n) is 14.3. The second-order valence-electron chi connectivity index (χ2n) is 5.46. The van der Waals surface area contributed by atoms with Crippen molar-refractivity contribution < 1.29 is 23.5 Å². The minimum atomic E-state index is -0.985. The van der Waals surface area contributed by atoms with Gasteiger partial charge < -0.3 is 9.15 Å². The third kappa shape index (κ3) is 4.40. The molecular formula is C18H14ClNO5S2. The van der Waals surface area contributed by atoms with Crippen molar-refractivity contribution in [3.63, 3.8) is 0 Å². The minimum absolute atomic E-state index is 0.188. The molecule has 9 heteroatoms. The Balaban J connectivity index is 1.74. The number of halogens is 1. The number of furan rings is 1. The van der Waals surface area contributed by atoms with E-state index in [1.165, 1.54) is 31.9 Å². The summed E-state index contributed by atoms with van der Waals surface area (Å²) in [7, 11) is 1.20. The van der Waals surface area contributed by atoms with Crippen molar-refractivity contribution >= 4 is 58.3 Å². The summed E-state index contributed by atoms with van der Waals surface area (Å²) in [6.45, 7) is 1.44. The van der Waals surface area contributed by atoms with Crippen LogP contribution in [0.5, 0.6) is 0 Å². The van der Waals surface area contributed by atoms with Crippen LogP contribution in [-0.4, -0.2) is 35.2 Å². The van der Waals surface area contributed by atoms with Crippen molar-refractivity contribution in [1.29, 1.82) is 0 Å². The number of rotatable bonds is 5. The molecule has 0 radical (unpaired) electrons. The molecule has 2 amide bonds. The van der Waals surface area contributed by atoms with Gasteiger partial charge in [-0.1, -0.05) is 23.4 Å². The quantitative estimate of drug-likeness (QED) is 0.510. The standard InChI is InChI=1S/C18H14ClNO5S2/c1-10(17(22)24-2)20-16(21)14(27-18(20)23)9-12-5-8-15(25-12)26-13-6-3-11(19)4-7-13/h3-10H,1-2H3/b14-9+. The molecule has 0 bridgehead atoms. The van der Waals surface area contributed by atoms with Crippen LogP contribution in [0.25, 0.3) is 6.08 Å². The predicted molar refractivity (Wildman–Crippen MR) is 104 cm³/mol. The van der Waals surface area contributed by atoms with Gasteiger partial charge in [-0.05, 0) is 55.1 Å². The zero-order chi connectivity index (χ0) is 19.6. The lowest BCUT2D eigenvalue weighted by Gasteiger charge is -2.18. The number of hydrogen-bond acceptors (Lipinski definition) is 7. The zero-order valence-corrected chi connectivity index (χ0v) is 16.7. The van der Waals surface area contributed by atoms with Gasteiger partial charge >= 0.3 is 5.97 Å². The Hall–Kier alpha value is -2.16. The van der Waals surface area contributed by atoms with E-state index in [-0.39, 0.29) is 4.91 Å². The summed E-state index contributed by atoms with van der Waals surface area (Å²) in [4.78, 5) is 38.2. The molecule has 1 atom stereocenters. The number of nitrogens with zero attached hydrogens (tertiary/aromatic N) is 1. The molecule has 0 saturated carbocycles. The Kier molecular flexibility index (Phi) is 5.98. The third-order valence-corrected chi connectivity index (χ3v) is 5.72. The number of imide groups is 1. The van der Waals surface area contributed by atoms with E-state index in [1.54, 1.807) is 24.3 Å². The van der Waals surface area contributed by atoms with Gasteiger partial charge in [-0.2, -0.15) is 0 Å². The van der Waals surface area contributed by atoms with Crippen LogP contribution in [0, 0.1) is 0 Å². The largest absolute Gasteiger partial charge is 0.467 e. The van der Waals surface area contributed by atoms with E-state index in [9.17, 15) is 14.4 Å². The lowest BCUT2D eigenvalue weighted by atomic mass is 10.3. The maximum absolute atomic E-state index is 12.5. The summed E-state index contributed by atoms with van der Waals surface area (Å²) in [6, 6.07) is 9.80. The molecule has 1 saturated heterocycles. The number of esters is 1. The fourth-order valence-electron chi connectivity index (χ4n) is 2.30. The molecule has 1 aromatic heterocycles. The molecule has 1 unspecified atom stereocenters. The van der Waals surface area contributed by atoms with Crippen LogP contribution in [0.2, 0.25) is 5.02 Å². The minimum Gasteiger partial charge on any atom is -0.467 e. The highest BCUT2D eigenvalue weighted by Crippen LogP contribution is 2.35. The van der Waals surface area contributed by atoms with Gasteiger partial charge in [0.1, 0.15) is 11.8 Å². The average molecular weight is 424 g/mol. The number of ether oxygens (including phenoxy) is 1. The van der Waals surface area contributed by atoms with Gasteiger partial charge in [0, 0.05) is 16.0 Å². The fraction of sp³-hybridized carbons (Fsp3) is 0.167. The van der Waals surface area contributed by atoms with E-state index >= 15 is 0 Å². The summed E-state index contributed by atoms with van der Waals surface area (Å²) in [5.41, 5.74) is 0. The number of amides is 2. The molecule has 2 aromatic rings. The molecule has 6 nitrogen and oxygen atoms in total. The molecular weight excluding hydrogens is 410 g/mol. The van der Waals surface area contributed by atoms with E-state index in [0.29, 0.717) is 15.9 Å². The summed E-state index contributed by atoms with van der Waals surface area (Å²) >= 11 is 8.03. The summed E-state index contributed by atoms with van der Waals surface area (Å²) < 4.78 is 10.3. The highest BCUT2D eigenvalue weighted by atomic mass is 35.5. The monoisotopic (exact) mass is 423 g/mol. The fourth-order valence-corrected chi connectivity index (χ4v) is 4.10. The Labute approximate surface area is 168 Å². The second-order valence-corrected chi connectivity index (χ2v) is 7.97. The normalized spacial score (nSPS) is 16.9. The van der Waals surface area contributed by atoms with Crippen molar-refractivity contribution in [2.45, 2.75) is 23.0 Å². The van der Waals surface area contributed by atoms with Crippen LogP contribution in [-0.2, 0) is 14.3 Å². The lowest BCUT2D eigenvalue weighted by Crippen LogP contribution is -2.42. The number of hydrogen-bond donors (Lipinski definition) is 0. The van der Waals surface area contributed by atoms with Crippen molar-refractivity contribution in [1.82, 2.24) is 4.90 Å². The molecule has 1 aliphatic heterocycles. The Morgan fingerprint density at radius 3 is 2.63 bits per heavy atom. The molecule has 27 heavy (non-hydrogen) atoms. The topological polar surface area (TPSA) is 76.8 Å². The third-order valence-electron chi connectivity index (χ3n) is 3.66. The van der Waals surface area contributed by atoms with Crippen LogP contribution in [0.4, 0.5) is 4.79 Å². The second kappa shape index (κ2) is 8.24. The number of methoxy groups -OCH3 is 1. The van der Waals surface area contributed by atoms with E-state index in [0.717, 1.165) is 21.6 Å². The average Bonchev–Trinajstić information content (AvgIpc) is 3.20. The Bertz CT molecular complexity index is 922. The summed E-state index contributed by atoms with van der Waals surface area (Å²) in [6.07, 6.45) is 1.49. The van der Waals surface area contributed by atoms with Crippen LogP contribution in [0.1, 0.15) is 12.7 Å². The van der Waals surface area contributed by atoms with Gasteiger partial charge in [-0.25, -0.2) is 4.79 Å². The molecule has 3 rings (SSSR count). The summed E-state index contributed by atoms with van der Waals surface area (Å²) in [5, 5.41) is 0.758. The van der Waals surface area contributed by atoms with Crippen molar-refractivity contribution in [2.24, 2.45) is 0 Å². The molecule has 2 heterocycles. The molecule has 1 fully saturated rings. The van der Waals surface area contributed by atoms with Gasteiger partial charge in [0.15, 0.2) is 5.09 Å².